The van der Waals surface area contributed by atoms with Crippen LogP contribution >= 0.6 is 0 Å². The minimum absolute atomic E-state index is 0.394. The van der Waals surface area contributed by atoms with Crippen molar-refractivity contribution < 1.29 is 10.4 Å². The molecule has 0 aromatic carbocycles. The zero-order valence-corrected chi connectivity index (χ0v) is 7.40. The molecular weight excluding hydrogens is 156 g/mol. The van der Waals surface area contributed by atoms with Crippen LogP contribution < -0.4 is 0 Å². The van der Waals surface area contributed by atoms with Gasteiger partial charge in [-0.25, -0.2) is 0 Å². The molecule has 2 N–H and O–H groups in total. The third-order valence-corrected chi connectivity index (χ3v) is 2.30. The van der Waals surface area contributed by atoms with Gasteiger partial charge in [-0.05, 0) is 13.3 Å². The van der Waals surface area contributed by atoms with Crippen LogP contribution in [0, 0.1) is 0 Å². The monoisotopic (exact) mass is 172 g/mol. The van der Waals surface area contributed by atoms with Crippen molar-refractivity contribution in [2.45, 2.75) is 18.9 Å². The Hall–Kier alpha value is -0.420. The summed E-state index contributed by atoms with van der Waals surface area (Å²) >= 11 is 0. The van der Waals surface area contributed by atoms with Gasteiger partial charge < -0.3 is 10.4 Å². The smallest absolute Gasteiger partial charge is 0.0616 e. The fourth-order valence-electron chi connectivity index (χ4n) is 1.51. The summed E-state index contributed by atoms with van der Waals surface area (Å²) in [6, 6.07) is 0. The zero-order chi connectivity index (χ0) is 9.19. The molecule has 1 heterocycles. The maximum atomic E-state index is 9.52. The Morgan fingerprint density at radius 1 is 1.50 bits per heavy atom. The first kappa shape index (κ1) is 9.67. The molecule has 0 aliphatic carbocycles. The van der Waals surface area contributed by atoms with Gasteiger partial charge in [-0.2, -0.15) is 10.1 Å². The van der Waals surface area contributed by atoms with E-state index in [1.165, 1.54) is 10.1 Å². The van der Waals surface area contributed by atoms with Gasteiger partial charge in [-0.3, -0.25) is 0 Å². The number of hydroxylamine groups is 4. The van der Waals surface area contributed by atoms with Crippen molar-refractivity contribution in [2.24, 2.45) is 0 Å². The van der Waals surface area contributed by atoms with Gasteiger partial charge in [0.2, 0.25) is 0 Å². The van der Waals surface area contributed by atoms with Crippen molar-refractivity contribution >= 4 is 0 Å². The van der Waals surface area contributed by atoms with Crippen LogP contribution in [0.3, 0.4) is 0 Å². The summed E-state index contributed by atoms with van der Waals surface area (Å²) in [5.41, 5.74) is -0.394. The molecule has 1 aliphatic heterocycles. The fourth-order valence-corrected chi connectivity index (χ4v) is 1.51. The third-order valence-electron chi connectivity index (χ3n) is 2.30. The molecule has 0 radical (unpaired) electrons. The molecule has 4 nitrogen and oxygen atoms in total. The average Bonchev–Trinajstić information content (AvgIpc) is 1.98. The van der Waals surface area contributed by atoms with Crippen LogP contribution in [0.15, 0.2) is 12.7 Å². The molecule has 0 amide bonds. The number of hydrogen-bond donors (Lipinski definition) is 2. The Morgan fingerprint density at radius 2 is 2.17 bits per heavy atom. The van der Waals surface area contributed by atoms with Crippen molar-refractivity contribution in [3.05, 3.63) is 12.7 Å². The van der Waals surface area contributed by atoms with E-state index >= 15 is 0 Å². The topological polar surface area (TPSA) is 46.9 Å². The first-order chi connectivity index (χ1) is 5.58. The van der Waals surface area contributed by atoms with Gasteiger partial charge in [-0.1, -0.05) is 6.08 Å². The molecule has 1 aliphatic rings. The second kappa shape index (κ2) is 3.53. The summed E-state index contributed by atoms with van der Waals surface area (Å²) in [6.45, 7) is 6.94. The molecule has 1 fully saturated rings. The van der Waals surface area contributed by atoms with E-state index in [9.17, 15) is 10.4 Å². The minimum Gasteiger partial charge on any atom is -0.314 e. The van der Waals surface area contributed by atoms with Crippen LogP contribution in [-0.2, 0) is 0 Å². The van der Waals surface area contributed by atoms with Crippen molar-refractivity contribution in [1.82, 2.24) is 10.1 Å². The van der Waals surface area contributed by atoms with E-state index in [2.05, 4.69) is 6.58 Å². The third kappa shape index (κ3) is 1.84. The lowest BCUT2D eigenvalue weighted by molar-refractivity contribution is -0.245. The normalized spacial score (nSPS) is 33.6. The summed E-state index contributed by atoms with van der Waals surface area (Å²) in [5, 5.41) is 21.3. The molecule has 0 unspecified atom stereocenters. The molecule has 1 rings (SSSR count). The molecule has 0 aromatic heterocycles. The summed E-state index contributed by atoms with van der Waals surface area (Å²) in [6.07, 6.45) is 2.42. The Labute approximate surface area is 72.6 Å². The summed E-state index contributed by atoms with van der Waals surface area (Å²) in [7, 11) is 0. The van der Waals surface area contributed by atoms with E-state index in [0.29, 0.717) is 26.1 Å². The minimum atomic E-state index is -0.394. The largest absolute Gasteiger partial charge is 0.314 e. The molecule has 0 bridgehead atoms. The molecule has 0 saturated carbocycles. The van der Waals surface area contributed by atoms with Crippen molar-refractivity contribution in [3.63, 3.8) is 0 Å². The number of rotatable bonds is 2. The number of piperazine rings is 1. The SMILES string of the molecule is C=CC[C@@]1(C)CN(O)CCN1O. The maximum absolute atomic E-state index is 9.52. The van der Waals surface area contributed by atoms with E-state index < -0.39 is 5.54 Å². The van der Waals surface area contributed by atoms with E-state index in [0.717, 1.165) is 0 Å². The molecule has 4 heteroatoms. The average molecular weight is 172 g/mol. The lowest BCUT2D eigenvalue weighted by atomic mass is 9.95. The Bertz CT molecular complexity index is 174. The van der Waals surface area contributed by atoms with Crippen LogP contribution in [0.2, 0.25) is 0 Å². The van der Waals surface area contributed by atoms with E-state index in [1.807, 2.05) is 6.92 Å². The zero-order valence-electron chi connectivity index (χ0n) is 7.40. The highest BCUT2D eigenvalue weighted by Crippen LogP contribution is 2.22. The van der Waals surface area contributed by atoms with E-state index in [-0.39, 0.29) is 0 Å². The van der Waals surface area contributed by atoms with Crippen LogP contribution in [0.4, 0.5) is 0 Å². The predicted octanol–water partition coefficient (Wildman–Crippen LogP) is 0.717. The lowest BCUT2D eigenvalue weighted by Gasteiger charge is -2.42. The first-order valence-corrected chi connectivity index (χ1v) is 4.10. The van der Waals surface area contributed by atoms with Crippen molar-refractivity contribution in [2.75, 3.05) is 19.6 Å². The standard InChI is InChI=1S/C8H16N2O2/c1-3-4-8(2)7-9(11)5-6-10(8)12/h3,11-12H,1,4-7H2,2H3/t8-/m0/s1. The van der Waals surface area contributed by atoms with Gasteiger partial charge in [0.05, 0.1) is 5.54 Å². The number of nitrogens with zero attached hydrogens (tertiary/aromatic N) is 2. The molecule has 0 spiro atoms. The maximum Gasteiger partial charge on any atom is 0.0616 e. The van der Waals surface area contributed by atoms with Gasteiger partial charge in [-0.15, -0.1) is 6.58 Å². The van der Waals surface area contributed by atoms with Crippen LogP contribution in [0.1, 0.15) is 13.3 Å². The highest BCUT2D eigenvalue weighted by molar-refractivity contribution is 4.93. The molecule has 1 saturated heterocycles. The summed E-state index contributed by atoms with van der Waals surface area (Å²) in [4.78, 5) is 0. The molecular formula is C8H16N2O2. The van der Waals surface area contributed by atoms with Crippen LogP contribution in [0.25, 0.3) is 0 Å². The highest BCUT2D eigenvalue weighted by atomic mass is 16.5. The van der Waals surface area contributed by atoms with Gasteiger partial charge in [0.25, 0.3) is 0 Å². The Kier molecular flexibility index (Phi) is 2.85. The number of hydrogen-bond acceptors (Lipinski definition) is 4. The quantitative estimate of drug-likeness (QED) is 0.602. The Balaban J connectivity index is 2.63. The Morgan fingerprint density at radius 3 is 2.75 bits per heavy atom. The summed E-state index contributed by atoms with van der Waals surface area (Å²) < 4.78 is 0. The summed E-state index contributed by atoms with van der Waals surface area (Å²) in [5.74, 6) is 0. The first-order valence-electron chi connectivity index (χ1n) is 4.10. The van der Waals surface area contributed by atoms with Gasteiger partial charge in [0.1, 0.15) is 0 Å². The van der Waals surface area contributed by atoms with Crippen molar-refractivity contribution in [3.8, 4) is 0 Å². The van der Waals surface area contributed by atoms with Gasteiger partial charge in [0.15, 0.2) is 0 Å². The molecule has 1 atom stereocenters. The fraction of sp³-hybridized carbons (Fsp3) is 0.750. The lowest BCUT2D eigenvalue weighted by Crippen LogP contribution is -2.58. The molecule has 12 heavy (non-hydrogen) atoms. The van der Waals surface area contributed by atoms with E-state index in [4.69, 9.17) is 0 Å². The van der Waals surface area contributed by atoms with Crippen molar-refractivity contribution in [1.29, 1.82) is 0 Å². The van der Waals surface area contributed by atoms with Crippen LogP contribution in [-0.4, -0.2) is 45.7 Å². The second-order valence-corrected chi connectivity index (χ2v) is 3.50. The van der Waals surface area contributed by atoms with E-state index in [1.54, 1.807) is 6.08 Å². The van der Waals surface area contributed by atoms with Gasteiger partial charge >= 0.3 is 0 Å². The molecule has 70 valence electrons. The molecule has 0 aromatic rings. The van der Waals surface area contributed by atoms with Gasteiger partial charge in [0, 0.05) is 19.6 Å². The second-order valence-electron chi connectivity index (χ2n) is 3.50. The van der Waals surface area contributed by atoms with Crippen LogP contribution in [0.5, 0.6) is 0 Å². The predicted molar refractivity (Wildman–Crippen MR) is 45.1 cm³/mol. The highest BCUT2D eigenvalue weighted by Gasteiger charge is 2.35.